The first-order valence-corrected chi connectivity index (χ1v) is 3.30. The highest BCUT2D eigenvalue weighted by atomic mass is 16.1. The van der Waals surface area contributed by atoms with Crippen molar-refractivity contribution in [2.75, 3.05) is 6.54 Å². The first-order valence-electron chi connectivity index (χ1n) is 3.30. The zero-order chi connectivity index (χ0) is 7.98. The van der Waals surface area contributed by atoms with Crippen molar-refractivity contribution in [1.82, 2.24) is 5.32 Å². The van der Waals surface area contributed by atoms with Crippen LogP contribution in [0.25, 0.3) is 0 Å². The third kappa shape index (κ3) is 3.93. The fourth-order valence-corrected chi connectivity index (χ4v) is 0.428. The van der Waals surface area contributed by atoms with Gasteiger partial charge in [0.2, 0.25) is 5.91 Å². The normalized spacial score (nSPS) is 8.70. The lowest BCUT2D eigenvalue weighted by atomic mass is 10.2. The Morgan fingerprint density at radius 2 is 2.40 bits per heavy atom. The van der Waals surface area contributed by atoms with Crippen LogP contribution in [0.1, 0.15) is 13.8 Å². The predicted molar refractivity (Wildman–Crippen MR) is 41.6 cm³/mol. The highest BCUT2D eigenvalue weighted by Crippen LogP contribution is 1.88. The zero-order valence-corrected chi connectivity index (χ0v) is 6.48. The highest BCUT2D eigenvalue weighted by Gasteiger charge is 2.02. The first kappa shape index (κ1) is 8.99. The van der Waals surface area contributed by atoms with E-state index in [1.54, 1.807) is 6.08 Å². The minimum atomic E-state index is 0.0539. The molecule has 0 radical (unpaired) electrons. The summed E-state index contributed by atoms with van der Waals surface area (Å²) >= 11 is 0. The molecule has 0 saturated heterocycles. The van der Waals surface area contributed by atoms with Crippen LogP contribution in [0.15, 0.2) is 18.4 Å². The van der Waals surface area contributed by atoms with E-state index in [1.807, 2.05) is 13.8 Å². The summed E-state index contributed by atoms with van der Waals surface area (Å²) in [5, 5.41) is 2.69. The Morgan fingerprint density at radius 1 is 1.80 bits per heavy atom. The van der Waals surface area contributed by atoms with Crippen LogP contribution in [0.3, 0.4) is 0 Å². The monoisotopic (exact) mass is 139 g/mol. The van der Waals surface area contributed by atoms with E-state index in [0.29, 0.717) is 6.54 Å². The zero-order valence-electron chi connectivity index (χ0n) is 6.48. The molecule has 0 aromatic rings. The molecule has 2 heteroatoms. The van der Waals surface area contributed by atoms with E-state index in [-0.39, 0.29) is 11.8 Å². The standard InChI is InChI=1S/C8H13NO/c1-4-5-6-9-8(10)7(2)3/h5,7H,1,6H2,2-3H3,(H,9,10). The van der Waals surface area contributed by atoms with Gasteiger partial charge in [-0.25, -0.2) is 0 Å². The van der Waals surface area contributed by atoms with Gasteiger partial charge >= 0.3 is 0 Å². The van der Waals surface area contributed by atoms with Crippen LogP contribution in [-0.2, 0) is 4.79 Å². The Kier molecular flexibility index (Phi) is 4.34. The van der Waals surface area contributed by atoms with Crippen LogP contribution in [-0.4, -0.2) is 12.5 Å². The first-order chi connectivity index (χ1) is 4.68. The van der Waals surface area contributed by atoms with E-state index in [1.165, 1.54) is 0 Å². The van der Waals surface area contributed by atoms with Crippen molar-refractivity contribution in [1.29, 1.82) is 0 Å². The van der Waals surface area contributed by atoms with Gasteiger partial charge in [0, 0.05) is 12.5 Å². The highest BCUT2D eigenvalue weighted by molar-refractivity contribution is 5.77. The maximum absolute atomic E-state index is 10.8. The second-order valence-electron chi connectivity index (χ2n) is 2.31. The van der Waals surface area contributed by atoms with E-state index in [4.69, 9.17) is 0 Å². The lowest BCUT2D eigenvalue weighted by molar-refractivity contribution is -0.123. The smallest absolute Gasteiger partial charge is 0.222 e. The number of rotatable bonds is 3. The van der Waals surface area contributed by atoms with Crippen LogP contribution in [0.4, 0.5) is 0 Å². The third-order valence-corrected chi connectivity index (χ3v) is 1.05. The Morgan fingerprint density at radius 3 is 2.80 bits per heavy atom. The molecule has 0 aliphatic heterocycles. The van der Waals surface area contributed by atoms with Crippen molar-refractivity contribution in [3.8, 4) is 0 Å². The largest absolute Gasteiger partial charge is 0.352 e. The molecule has 0 aromatic carbocycles. The van der Waals surface area contributed by atoms with E-state index < -0.39 is 0 Å². The Labute approximate surface area is 61.6 Å². The molecule has 0 unspecified atom stereocenters. The quantitative estimate of drug-likeness (QED) is 0.583. The van der Waals surface area contributed by atoms with Crippen LogP contribution in [0.5, 0.6) is 0 Å². The van der Waals surface area contributed by atoms with Crippen LogP contribution < -0.4 is 5.32 Å². The molecule has 0 saturated carbocycles. The van der Waals surface area contributed by atoms with Gasteiger partial charge < -0.3 is 5.32 Å². The number of amides is 1. The molecule has 0 rings (SSSR count). The summed E-state index contributed by atoms with van der Waals surface area (Å²) in [6.45, 7) is 7.61. The molecule has 2 nitrogen and oxygen atoms in total. The van der Waals surface area contributed by atoms with Gasteiger partial charge in [0.15, 0.2) is 0 Å². The number of carbonyl (C=O) groups excluding carboxylic acids is 1. The minimum absolute atomic E-state index is 0.0539. The molecule has 1 amide bonds. The summed E-state index contributed by atoms with van der Waals surface area (Å²) in [4.78, 5) is 10.8. The molecule has 0 aromatic heterocycles. The molecule has 0 atom stereocenters. The molecule has 0 spiro atoms. The van der Waals surface area contributed by atoms with Gasteiger partial charge in [-0.05, 0) is 6.08 Å². The van der Waals surface area contributed by atoms with Crippen molar-refractivity contribution in [2.45, 2.75) is 13.8 Å². The fourth-order valence-electron chi connectivity index (χ4n) is 0.428. The van der Waals surface area contributed by atoms with Gasteiger partial charge in [-0.2, -0.15) is 0 Å². The fraction of sp³-hybridized carbons (Fsp3) is 0.500. The summed E-state index contributed by atoms with van der Waals surface area (Å²) in [5.74, 6) is 0.115. The van der Waals surface area contributed by atoms with Crippen LogP contribution in [0.2, 0.25) is 0 Å². The average molecular weight is 139 g/mol. The van der Waals surface area contributed by atoms with Gasteiger partial charge in [-0.1, -0.05) is 20.4 Å². The van der Waals surface area contributed by atoms with Gasteiger partial charge in [0.05, 0.1) is 0 Å². The van der Waals surface area contributed by atoms with Gasteiger partial charge in [0.25, 0.3) is 0 Å². The third-order valence-electron chi connectivity index (χ3n) is 1.05. The second-order valence-corrected chi connectivity index (χ2v) is 2.31. The molecule has 1 N–H and O–H groups in total. The predicted octanol–water partition coefficient (Wildman–Crippen LogP) is 1.10. The second kappa shape index (κ2) is 4.83. The molecule has 10 heavy (non-hydrogen) atoms. The summed E-state index contributed by atoms with van der Waals surface area (Å²) in [6.07, 6.45) is 1.68. The van der Waals surface area contributed by atoms with E-state index in [2.05, 4.69) is 17.6 Å². The van der Waals surface area contributed by atoms with Crippen molar-refractivity contribution in [3.63, 3.8) is 0 Å². The molecule has 56 valence electrons. The summed E-state index contributed by atoms with van der Waals surface area (Å²) < 4.78 is 0. The van der Waals surface area contributed by atoms with Gasteiger partial charge in [-0.15, -0.1) is 5.73 Å². The lowest BCUT2D eigenvalue weighted by Crippen LogP contribution is -2.27. The van der Waals surface area contributed by atoms with Crippen LogP contribution in [0, 0.1) is 5.92 Å². The molecule has 0 fully saturated rings. The topological polar surface area (TPSA) is 29.1 Å². The average Bonchev–Trinajstić information content (AvgIpc) is 1.88. The van der Waals surface area contributed by atoms with Crippen molar-refractivity contribution in [3.05, 3.63) is 18.4 Å². The molecule has 0 heterocycles. The van der Waals surface area contributed by atoms with E-state index in [0.717, 1.165) is 0 Å². The maximum Gasteiger partial charge on any atom is 0.222 e. The van der Waals surface area contributed by atoms with Gasteiger partial charge in [0.1, 0.15) is 0 Å². The Balaban J connectivity index is 3.49. The van der Waals surface area contributed by atoms with E-state index in [9.17, 15) is 4.79 Å². The number of hydrogen-bond acceptors (Lipinski definition) is 1. The number of carbonyl (C=O) groups is 1. The molecule has 0 aliphatic carbocycles. The molecule has 0 aliphatic rings. The Bertz CT molecular complexity index is 155. The van der Waals surface area contributed by atoms with Crippen molar-refractivity contribution < 1.29 is 4.79 Å². The summed E-state index contributed by atoms with van der Waals surface area (Å²) in [7, 11) is 0. The summed E-state index contributed by atoms with van der Waals surface area (Å²) in [6, 6.07) is 0. The molecular formula is C8H13NO. The number of hydrogen-bond donors (Lipinski definition) is 1. The Hall–Kier alpha value is -1.01. The van der Waals surface area contributed by atoms with Crippen molar-refractivity contribution >= 4 is 5.91 Å². The number of nitrogens with one attached hydrogen (secondary N) is 1. The lowest BCUT2D eigenvalue weighted by Gasteiger charge is -2.02. The van der Waals surface area contributed by atoms with Gasteiger partial charge in [-0.3, -0.25) is 4.79 Å². The molecular weight excluding hydrogens is 126 g/mol. The minimum Gasteiger partial charge on any atom is -0.352 e. The molecule has 0 bridgehead atoms. The van der Waals surface area contributed by atoms with Crippen molar-refractivity contribution in [2.24, 2.45) is 5.92 Å². The van der Waals surface area contributed by atoms with E-state index >= 15 is 0 Å². The van der Waals surface area contributed by atoms with Crippen LogP contribution >= 0.6 is 0 Å². The summed E-state index contributed by atoms with van der Waals surface area (Å²) in [5.41, 5.74) is 2.57. The maximum atomic E-state index is 10.8. The SMILES string of the molecule is C=C=CCNC(=O)C(C)C.